The lowest BCUT2D eigenvalue weighted by atomic mass is 9.86. The number of nitrogens with two attached hydrogens (primary N) is 1. The first-order chi connectivity index (χ1) is 10.00. The van der Waals surface area contributed by atoms with Gasteiger partial charge in [-0.15, -0.1) is 12.4 Å². The number of amides is 1. The highest BCUT2D eigenvalue weighted by Crippen LogP contribution is 2.36. The summed E-state index contributed by atoms with van der Waals surface area (Å²) in [6, 6.07) is 6.92. The maximum atomic E-state index is 13.1. The molecule has 0 unspecified atom stereocenters. The summed E-state index contributed by atoms with van der Waals surface area (Å²) in [5.41, 5.74) is 5.97. The fourth-order valence-electron chi connectivity index (χ4n) is 2.36. The Bertz CT molecular complexity index is 473. The highest BCUT2D eigenvalue weighted by Gasteiger charge is 2.37. The Labute approximate surface area is 134 Å². The van der Waals surface area contributed by atoms with Gasteiger partial charge in [-0.1, -0.05) is 0 Å². The van der Waals surface area contributed by atoms with Gasteiger partial charge in [0.05, 0.1) is 0 Å². The molecule has 0 atom stereocenters. The molecule has 3 N–H and O–H groups in total. The van der Waals surface area contributed by atoms with Crippen LogP contribution in [0.3, 0.4) is 0 Å². The van der Waals surface area contributed by atoms with Gasteiger partial charge < -0.3 is 15.8 Å². The number of ether oxygens (including phenoxy) is 1. The molecule has 22 heavy (non-hydrogen) atoms. The normalized spacial score (nSPS) is 17.4. The van der Waals surface area contributed by atoms with E-state index in [2.05, 4.69) is 5.32 Å². The standard InChI is InChI=1S/C15H20F2N2O2.ClH/c16-15(17)7-5-11(6-8-15)14(20)19-12-1-3-13(4-2-12)21-10-9-18;/h1-4,11H,5-10,18H2,(H,19,20);1H. The summed E-state index contributed by atoms with van der Waals surface area (Å²) in [6.07, 6.45) is 0.0426. The van der Waals surface area contributed by atoms with E-state index in [9.17, 15) is 13.6 Å². The number of carbonyl (C=O) groups excluding carboxylic acids is 1. The summed E-state index contributed by atoms with van der Waals surface area (Å²) in [6.45, 7) is 0.868. The third-order valence-electron chi connectivity index (χ3n) is 3.60. The Morgan fingerprint density at radius 1 is 1.27 bits per heavy atom. The van der Waals surface area contributed by atoms with Crippen molar-refractivity contribution >= 4 is 24.0 Å². The first-order valence-electron chi connectivity index (χ1n) is 7.12. The number of hydrogen-bond donors (Lipinski definition) is 2. The van der Waals surface area contributed by atoms with Crippen LogP contribution in [0.4, 0.5) is 14.5 Å². The third-order valence-corrected chi connectivity index (χ3v) is 3.60. The molecule has 0 saturated heterocycles. The molecule has 0 spiro atoms. The molecule has 0 heterocycles. The number of halogens is 3. The van der Waals surface area contributed by atoms with Crippen molar-refractivity contribution in [3.05, 3.63) is 24.3 Å². The molecule has 2 rings (SSSR count). The van der Waals surface area contributed by atoms with Gasteiger partial charge in [-0.05, 0) is 37.1 Å². The molecular weight excluding hydrogens is 314 g/mol. The monoisotopic (exact) mass is 334 g/mol. The van der Waals surface area contributed by atoms with Crippen molar-refractivity contribution in [3.63, 3.8) is 0 Å². The Hall–Kier alpha value is -1.40. The molecule has 1 amide bonds. The zero-order valence-corrected chi connectivity index (χ0v) is 13.0. The van der Waals surface area contributed by atoms with E-state index in [0.29, 0.717) is 24.6 Å². The SMILES string of the molecule is Cl.NCCOc1ccc(NC(=O)C2CCC(F)(F)CC2)cc1. The quantitative estimate of drug-likeness (QED) is 0.869. The zero-order valence-electron chi connectivity index (χ0n) is 12.2. The minimum absolute atomic E-state index is 0. The lowest BCUT2D eigenvalue weighted by molar-refractivity contribution is -0.124. The molecule has 1 aliphatic rings. The van der Waals surface area contributed by atoms with Crippen molar-refractivity contribution in [2.45, 2.75) is 31.6 Å². The highest BCUT2D eigenvalue weighted by atomic mass is 35.5. The number of nitrogens with one attached hydrogen (secondary N) is 1. The first-order valence-corrected chi connectivity index (χ1v) is 7.12. The van der Waals surface area contributed by atoms with Crippen LogP contribution in [0.1, 0.15) is 25.7 Å². The molecule has 1 aromatic carbocycles. The molecule has 124 valence electrons. The Morgan fingerprint density at radius 3 is 2.41 bits per heavy atom. The van der Waals surface area contributed by atoms with Crippen LogP contribution in [-0.4, -0.2) is 25.0 Å². The van der Waals surface area contributed by atoms with Crippen molar-refractivity contribution in [2.24, 2.45) is 11.7 Å². The molecule has 0 aliphatic heterocycles. The van der Waals surface area contributed by atoms with Gasteiger partial charge in [0.2, 0.25) is 11.8 Å². The second-order valence-corrected chi connectivity index (χ2v) is 5.28. The largest absolute Gasteiger partial charge is 0.492 e. The topological polar surface area (TPSA) is 64.3 Å². The molecule has 1 fully saturated rings. The smallest absolute Gasteiger partial charge is 0.248 e. The number of carbonyl (C=O) groups is 1. The second-order valence-electron chi connectivity index (χ2n) is 5.28. The highest BCUT2D eigenvalue weighted by molar-refractivity contribution is 5.92. The summed E-state index contributed by atoms with van der Waals surface area (Å²) < 4.78 is 31.5. The van der Waals surface area contributed by atoms with Gasteiger partial charge in [0.1, 0.15) is 12.4 Å². The van der Waals surface area contributed by atoms with Crippen LogP contribution in [0, 0.1) is 5.92 Å². The Balaban J connectivity index is 0.00000242. The maximum absolute atomic E-state index is 13.1. The average molecular weight is 335 g/mol. The molecule has 0 aromatic heterocycles. The predicted octanol–water partition coefficient (Wildman–Crippen LogP) is 3.21. The van der Waals surface area contributed by atoms with E-state index in [4.69, 9.17) is 10.5 Å². The van der Waals surface area contributed by atoms with Crippen LogP contribution >= 0.6 is 12.4 Å². The van der Waals surface area contributed by atoms with E-state index < -0.39 is 5.92 Å². The minimum Gasteiger partial charge on any atom is -0.492 e. The number of hydrogen-bond acceptors (Lipinski definition) is 3. The van der Waals surface area contributed by atoms with Crippen LogP contribution in [0.2, 0.25) is 0 Å². The van der Waals surface area contributed by atoms with Crippen LogP contribution in [0.5, 0.6) is 5.75 Å². The van der Waals surface area contributed by atoms with Gasteiger partial charge in [-0.25, -0.2) is 8.78 Å². The first kappa shape index (κ1) is 18.6. The van der Waals surface area contributed by atoms with E-state index in [1.54, 1.807) is 24.3 Å². The van der Waals surface area contributed by atoms with Crippen molar-refractivity contribution in [3.8, 4) is 5.75 Å². The average Bonchev–Trinajstić information content (AvgIpc) is 2.46. The van der Waals surface area contributed by atoms with Crippen molar-refractivity contribution in [2.75, 3.05) is 18.5 Å². The summed E-state index contributed by atoms with van der Waals surface area (Å²) in [5.74, 6) is -2.46. The van der Waals surface area contributed by atoms with Crippen LogP contribution in [-0.2, 0) is 4.79 Å². The fraction of sp³-hybridized carbons (Fsp3) is 0.533. The van der Waals surface area contributed by atoms with Gasteiger partial charge in [0, 0.05) is 31.0 Å². The van der Waals surface area contributed by atoms with E-state index in [-0.39, 0.29) is 49.9 Å². The fourth-order valence-corrected chi connectivity index (χ4v) is 2.36. The zero-order chi connectivity index (χ0) is 15.3. The number of benzene rings is 1. The third kappa shape index (κ3) is 5.42. The Kier molecular flexibility index (Phi) is 7.03. The van der Waals surface area contributed by atoms with Gasteiger partial charge in [-0.2, -0.15) is 0 Å². The number of rotatable bonds is 5. The van der Waals surface area contributed by atoms with Gasteiger partial charge >= 0.3 is 0 Å². The molecule has 1 aliphatic carbocycles. The van der Waals surface area contributed by atoms with Crippen LogP contribution < -0.4 is 15.8 Å². The molecule has 0 bridgehead atoms. The maximum Gasteiger partial charge on any atom is 0.248 e. The summed E-state index contributed by atoms with van der Waals surface area (Å²) in [7, 11) is 0. The van der Waals surface area contributed by atoms with Gasteiger partial charge in [0.15, 0.2) is 0 Å². The lowest BCUT2D eigenvalue weighted by Crippen LogP contribution is -2.31. The second kappa shape index (κ2) is 8.29. The Morgan fingerprint density at radius 2 is 1.86 bits per heavy atom. The lowest BCUT2D eigenvalue weighted by Gasteiger charge is -2.27. The molecule has 1 aromatic rings. The molecule has 7 heteroatoms. The van der Waals surface area contributed by atoms with Gasteiger partial charge in [0.25, 0.3) is 0 Å². The van der Waals surface area contributed by atoms with Crippen molar-refractivity contribution in [1.29, 1.82) is 0 Å². The predicted molar refractivity (Wildman–Crippen MR) is 83.8 cm³/mol. The number of alkyl halides is 2. The summed E-state index contributed by atoms with van der Waals surface area (Å²) >= 11 is 0. The van der Waals surface area contributed by atoms with Crippen molar-refractivity contribution in [1.82, 2.24) is 0 Å². The van der Waals surface area contributed by atoms with Crippen LogP contribution in [0.15, 0.2) is 24.3 Å². The van der Waals surface area contributed by atoms with Gasteiger partial charge in [-0.3, -0.25) is 4.79 Å². The molecule has 1 saturated carbocycles. The summed E-state index contributed by atoms with van der Waals surface area (Å²) in [4.78, 5) is 12.0. The van der Waals surface area contributed by atoms with E-state index in [1.165, 1.54) is 0 Å². The summed E-state index contributed by atoms with van der Waals surface area (Å²) in [5, 5.41) is 2.76. The number of anilines is 1. The molecule has 0 radical (unpaired) electrons. The van der Waals surface area contributed by atoms with E-state index in [0.717, 1.165) is 0 Å². The van der Waals surface area contributed by atoms with E-state index >= 15 is 0 Å². The molecule has 4 nitrogen and oxygen atoms in total. The van der Waals surface area contributed by atoms with Crippen molar-refractivity contribution < 1.29 is 18.3 Å². The van der Waals surface area contributed by atoms with Crippen LogP contribution in [0.25, 0.3) is 0 Å². The molecular formula is C15H21ClF2N2O2. The minimum atomic E-state index is -2.61. The van der Waals surface area contributed by atoms with E-state index in [1.807, 2.05) is 0 Å².